The number of benzene rings is 1. The molecule has 0 aliphatic rings. The van der Waals surface area contributed by atoms with E-state index < -0.39 is 11.6 Å². The number of hydrogen-bond donors (Lipinski definition) is 1. The van der Waals surface area contributed by atoms with E-state index in [1.807, 2.05) is 32.9 Å². The van der Waals surface area contributed by atoms with E-state index in [-0.39, 0.29) is 11.4 Å². The van der Waals surface area contributed by atoms with Crippen molar-refractivity contribution in [2.24, 2.45) is 0 Å². The van der Waals surface area contributed by atoms with E-state index in [0.29, 0.717) is 16.8 Å². The minimum Gasteiger partial charge on any atom is -0.360 e. The molecule has 1 N–H and O–H groups in total. The lowest BCUT2D eigenvalue weighted by atomic mass is 10.0. The molecule has 3 rings (SSSR count). The predicted molar refractivity (Wildman–Crippen MR) is 99.5 cm³/mol. The standard InChI is InChI=1S/C19H22N4O3/c1-9-7-10(2)16(11(3)8-9)20-18(24)13(5)23-19(25)17-15(12(4)21-23)14(6)26-22-17/h7-8,13H,1-6H3,(H,20,24). The van der Waals surface area contributed by atoms with Gasteiger partial charge in [0.1, 0.15) is 11.8 Å². The van der Waals surface area contributed by atoms with Gasteiger partial charge in [-0.15, -0.1) is 0 Å². The summed E-state index contributed by atoms with van der Waals surface area (Å²) in [6, 6.07) is 3.22. The lowest BCUT2D eigenvalue weighted by Gasteiger charge is -2.17. The fraction of sp³-hybridized carbons (Fsp3) is 0.368. The maximum Gasteiger partial charge on any atom is 0.297 e. The number of carbonyl (C=O) groups is 1. The van der Waals surface area contributed by atoms with Crippen LogP contribution in [0.4, 0.5) is 5.69 Å². The molecule has 3 aromatic rings. The van der Waals surface area contributed by atoms with Crippen LogP contribution in [0.15, 0.2) is 21.5 Å². The minimum absolute atomic E-state index is 0.192. The molecule has 0 radical (unpaired) electrons. The van der Waals surface area contributed by atoms with E-state index in [0.717, 1.165) is 27.1 Å². The fourth-order valence-electron chi connectivity index (χ4n) is 3.29. The van der Waals surface area contributed by atoms with Crippen molar-refractivity contribution in [2.45, 2.75) is 47.6 Å². The van der Waals surface area contributed by atoms with Gasteiger partial charge in [0.2, 0.25) is 5.91 Å². The first-order valence-corrected chi connectivity index (χ1v) is 8.44. The van der Waals surface area contributed by atoms with Gasteiger partial charge in [-0.25, -0.2) is 4.68 Å². The highest BCUT2D eigenvalue weighted by Crippen LogP contribution is 2.23. The molecule has 1 amide bonds. The highest BCUT2D eigenvalue weighted by Gasteiger charge is 2.23. The zero-order chi connectivity index (χ0) is 19.2. The molecule has 0 aliphatic heterocycles. The van der Waals surface area contributed by atoms with E-state index in [9.17, 15) is 9.59 Å². The summed E-state index contributed by atoms with van der Waals surface area (Å²) < 4.78 is 6.27. The molecule has 1 unspecified atom stereocenters. The number of hydrogen-bond acceptors (Lipinski definition) is 5. The third-order valence-corrected chi connectivity index (χ3v) is 4.56. The number of nitrogens with one attached hydrogen (secondary N) is 1. The lowest BCUT2D eigenvalue weighted by molar-refractivity contribution is -0.119. The normalized spacial score (nSPS) is 12.4. The largest absolute Gasteiger partial charge is 0.360 e. The van der Waals surface area contributed by atoms with Crippen molar-refractivity contribution in [1.82, 2.24) is 14.9 Å². The molecule has 1 aromatic carbocycles. The zero-order valence-corrected chi connectivity index (χ0v) is 15.8. The van der Waals surface area contributed by atoms with E-state index in [1.54, 1.807) is 20.8 Å². The second kappa shape index (κ2) is 6.40. The second-order valence-electron chi connectivity index (χ2n) is 6.74. The summed E-state index contributed by atoms with van der Waals surface area (Å²) in [5.41, 5.74) is 4.19. The Morgan fingerprint density at radius 2 is 1.77 bits per heavy atom. The molecule has 26 heavy (non-hydrogen) atoms. The van der Waals surface area contributed by atoms with Gasteiger partial charge in [-0.1, -0.05) is 22.9 Å². The van der Waals surface area contributed by atoms with Crippen LogP contribution < -0.4 is 10.9 Å². The summed E-state index contributed by atoms with van der Waals surface area (Å²) in [6.45, 7) is 11.0. The van der Waals surface area contributed by atoms with Gasteiger partial charge in [-0.3, -0.25) is 9.59 Å². The molecular formula is C19H22N4O3. The van der Waals surface area contributed by atoms with Gasteiger partial charge in [-0.05, 0) is 52.7 Å². The highest BCUT2D eigenvalue weighted by molar-refractivity contribution is 5.95. The third-order valence-electron chi connectivity index (χ3n) is 4.56. The molecule has 136 valence electrons. The topological polar surface area (TPSA) is 90.0 Å². The van der Waals surface area contributed by atoms with E-state index >= 15 is 0 Å². The van der Waals surface area contributed by atoms with Gasteiger partial charge in [0.25, 0.3) is 5.56 Å². The lowest BCUT2D eigenvalue weighted by Crippen LogP contribution is -2.34. The van der Waals surface area contributed by atoms with Crippen molar-refractivity contribution in [3.63, 3.8) is 0 Å². The molecule has 2 heterocycles. The Hall–Kier alpha value is -2.96. The first kappa shape index (κ1) is 17.8. The number of nitrogens with zero attached hydrogens (tertiary/aromatic N) is 3. The number of aryl methyl sites for hydroxylation is 5. The molecule has 0 aliphatic carbocycles. The summed E-state index contributed by atoms with van der Waals surface area (Å²) >= 11 is 0. The van der Waals surface area contributed by atoms with Gasteiger partial charge in [0.15, 0.2) is 5.52 Å². The Morgan fingerprint density at radius 1 is 1.15 bits per heavy atom. The van der Waals surface area contributed by atoms with Crippen LogP contribution in [0.5, 0.6) is 0 Å². The summed E-state index contributed by atoms with van der Waals surface area (Å²) in [6.07, 6.45) is 0. The minimum atomic E-state index is -0.789. The smallest absolute Gasteiger partial charge is 0.297 e. The predicted octanol–water partition coefficient (Wildman–Crippen LogP) is 3.13. The average molecular weight is 354 g/mol. The Labute approximate surface area is 151 Å². The van der Waals surface area contributed by atoms with Crippen LogP contribution in [-0.4, -0.2) is 20.8 Å². The summed E-state index contributed by atoms with van der Waals surface area (Å²) in [5, 5.41) is 11.6. The Bertz CT molecular complexity index is 1060. The Balaban J connectivity index is 1.99. The molecule has 1 atom stereocenters. The van der Waals surface area contributed by atoms with Crippen LogP contribution in [0.25, 0.3) is 10.9 Å². The Kier molecular flexibility index (Phi) is 4.39. The van der Waals surface area contributed by atoms with Crippen LogP contribution in [-0.2, 0) is 4.79 Å². The van der Waals surface area contributed by atoms with Crippen LogP contribution >= 0.6 is 0 Å². The Morgan fingerprint density at radius 3 is 2.38 bits per heavy atom. The van der Waals surface area contributed by atoms with Crippen molar-refractivity contribution < 1.29 is 9.32 Å². The molecule has 0 saturated carbocycles. The van der Waals surface area contributed by atoms with E-state index in [1.165, 1.54) is 0 Å². The molecule has 7 heteroatoms. The zero-order valence-electron chi connectivity index (χ0n) is 15.8. The van der Waals surface area contributed by atoms with Crippen LogP contribution in [0.2, 0.25) is 0 Å². The van der Waals surface area contributed by atoms with Crippen molar-refractivity contribution in [3.05, 3.63) is 50.6 Å². The monoisotopic (exact) mass is 354 g/mol. The van der Waals surface area contributed by atoms with Gasteiger partial charge < -0.3 is 9.84 Å². The number of fused-ring (bicyclic) bond motifs is 1. The van der Waals surface area contributed by atoms with Crippen LogP contribution in [0.3, 0.4) is 0 Å². The van der Waals surface area contributed by atoms with Crippen molar-refractivity contribution >= 4 is 22.5 Å². The maximum atomic E-state index is 12.8. The number of rotatable bonds is 3. The fourth-order valence-corrected chi connectivity index (χ4v) is 3.29. The second-order valence-corrected chi connectivity index (χ2v) is 6.74. The van der Waals surface area contributed by atoms with Crippen molar-refractivity contribution in [1.29, 1.82) is 0 Å². The van der Waals surface area contributed by atoms with Gasteiger partial charge in [0.05, 0.1) is 11.1 Å². The number of anilines is 1. The molecule has 0 fully saturated rings. The van der Waals surface area contributed by atoms with Crippen LogP contribution in [0, 0.1) is 34.6 Å². The molecule has 0 bridgehead atoms. The quantitative estimate of drug-likeness (QED) is 0.780. The van der Waals surface area contributed by atoms with Gasteiger partial charge in [0, 0.05) is 5.69 Å². The molecule has 0 saturated heterocycles. The third kappa shape index (κ3) is 2.89. The molecule has 7 nitrogen and oxygen atoms in total. The number of aromatic nitrogens is 3. The maximum absolute atomic E-state index is 12.8. The average Bonchev–Trinajstić information content (AvgIpc) is 2.96. The van der Waals surface area contributed by atoms with Crippen molar-refractivity contribution in [2.75, 3.05) is 5.32 Å². The van der Waals surface area contributed by atoms with E-state index in [2.05, 4.69) is 15.6 Å². The first-order valence-electron chi connectivity index (χ1n) is 8.44. The molecular weight excluding hydrogens is 332 g/mol. The summed E-state index contributed by atoms with van der Waals surface area (Å²) in [7, 11) is 0. The highest BCUT2D eigenvalue weighted by atomic mass is 16.5. The first-order chi connectivity index (χ1) is 12.2. The van der Waals surface area contributed by atoms with Crippen LogP contribution in [0.1, 0.15) is 41.1 Å². The molecule has 0 spiro atoms. The number of carbonyl (C=O) groups excluding carboxylic acids is 1. The van der Waals surface area contributed by atoms with Crippen molar-refractivity contribution in [3.8, 4) is 0 Å². The van der Waals surface area contributed by atoms with Gasteiger partial charge in [-0.2, -0.15) is 5.10 Å². The summed E-state index contributed by atoms with van der Waals surface area (Å²) in [4.78, 5) is 25.4. The van der Waals surface area contributed by atoms with Gasteiger partial charge >= 0.3 is 0 Å². The molecule has 2 aromatic heterocycles. The SMILES string of the molecule is Cc1cc(C)c(NC(=O)C(C)n2nc(C)c3c(C)onc3c2=O)c(C)c1. The van der Waals surface area contributed by atoms with E-state index in [4.69, 9.17) is 4.52 Å². The number of amides is 1. The summed E-state index contributed by atoms with van der Waals surface area (Å²) in [5.74, 6) is 0.228.